The lowest BCUT2D eigenvalue weighted by Crippen LogP contribution is -1.91. The van der Waals surface area contributed by atoms with Gasteiger partial charge in [0.05, 0.1) is 12.0 Å². The average Bonchev–Trinajstić information content (AvgIpc) is 1.68. The Morgan fingerprint density at radius 2 is 2.43 bits per heavy atom. The molecule has 0 aromatic rings. The van der Waals surface area contributed by atoms with Gasteiger partial charge in [0.1, 0.15) is 5.94 Å². The summed E-state index contributed by atoms with van der Waals surface area (Å²) in [6.45, 7) is 0. The second kappa shape index (κ2) is 3.59. The van der Waals surface area contributed by atoms with E-state index in [0.29, 0.717) is 0 Å². The van der Waals surface area contributed by atoms with Crippen molar-refractivity contribution in [3.8, 4) is 0 Å². The molecular weight excluding hydrogens is 115 g/mol. The Labute approximate surface area is 45.8 Å². The van der Waals surface area contributed by atoms with Gasteiger partial charge in [0.2, 0.25) is 0 Å². The maximum Gasteiger partial charge on any atom is 0.181 e. The van der Waals surface area contributed by atoms with Gasteiger partial charge in [-0.05, 0) is 0 Å². The van der Waals surface area contributed by atoms with Gasteiger partial charge in [-0.3, -0.25) is 4.79 Å². The van der Waals surface area contributed by atoms with Gasteiger partial charge in [0, 0.05) is 0 Å². The van der Waals surface area contributed by atoms with Crippen molar-refractivity contribution in [2.24, 2.45) is 0 Å². The quantitative estimate of drug-likeness (QED) is 0.295. The molecule has 0 aliphatic heterocycles. The number of hydrogen-bond acceptors (Lipinski definition) is 2. The summed E-state index contributed by atoms with van der Waals surface area (Å²) in [6.07, 6.45) is 0.771. The van der Waals surface area contributed by atoms with E-state index in [4.69, 9.17) is 11.6 Å². The summed E-state index contributed by atoms with van der Waals surface area (Å²) in [5, 5.41) is 0. The third-order valence-electron chi connectivity index (χ3n) is 0.352. The molecule has 0 atom stereocenters. The van der Waals surface area contributed by atoms with E-state index in [2.05, 4.69) is 0 Å². The van der Waals surface area contributed by atoms with Gasteiger partial charge in [-0.2, -0.15) is 0 Å². The lowest BCUT2D eigenvalue weighted by molar-refractivity contribution is -0.112. The number of hydrogen-bond donors (Lipinski definition) is 0. The van der Waals surface area contributed by atoms with E-state index in [-0.39, 0.29) is 5.88 Å². The number of allylic oxidation sites excluding steroid dienone is 1. The smallest absolute Gasteiger partial charge is 0.181 e. The molecule has 0 aliphatic rings. The molecule has 3 heteroatoms. The monoisotopic (exact) mass is 118 g/mol. The Hall–Kier alpha value is -0.590. The zero-order valence-electron chi connectivity index (χ0n) is 3.48. The SMILES string of the molecule is O=C=CC(=O)CCl. The first kappa shape index (κ1) is 6.41. The number of carbonyl (C=O) groups is 1. The molecule has 0 aliphatic carbocycles. The summed E-state index contributed by atoms with van der Waals surface area (Å²) in [6, 6.07) is 0. The largest absolute Gasteiger partial charge is 0.293 e. The van der Waals surface area contributed by atoms with Crippen molar-refractivity contribution in [3.05, 3.63) is 6.08 Å². The van der Waals surface area contributed by atoms with E-state index in [0.717, 1.165) is 6.08 Å². The van der Waals surface area contributed by atoms with Gasteiger partial charge < -0.3 is 0 Å². The van der Waals surface area contributed by atoms with Gasteiger partial charge in [-0.15, -0.1) is 11.6 Å². The van der Waals surface area contributed by atoms with Crippen molar-refractivity contribution in [1.82, 2.24) is 0 Å². The predicted molar refractivity (Wildman–Crippen MR) is 26.0 cm³/mol. The highest BCUT2D eigenvalue weighted by molar-refractivity contribution is 6.30. The van der Waals surface area contributed by atoms with Crippen LogP contribution in [0.4, 0.5) is 0 Å². The first-order valence-electron chi connectivity index (χ1n) is 1.61. The van der Waals surface area contributed by atoms with E-state index in [1.165, 1.54) is 5.94 Å². The molecule has 0 aromatic carbocycles. The molecular formula is C4H3ClO2. The minimum atomic E-state index is -0.406. The van der Waals surface area contributed by atoms with Crippen LogP contribution < -0.4 is 0 Å². The van der Waals surface area contributed by atoms with E-state index in [9.17, 15) is 9.59 Å². The molecule has 0 fully saturated rings. The Morgan fingerprint density at radius 3 is 2.57 bits per heavy atom. The van der Waals surface area contributed by atoms with Gasteiger partial charge in [-0.1, -0.05) is 0 Å². The van der Waals surface area contributed by atoms with Crippen molar-refractivity contribution >= 4 is 23.3 Å². The Bertz CT molecular complexity index is 113. The van der Waals surface area contributed by atoms with Crippen molar-refractivity contribution in [2.45, 2.75) is 0 Å². The summed E-state index contributed by atoms with van der Waals surface area (Å²) < 4.78 is 0. The van der Waals surface area contributed by atoms with Crippen LogP contribution in [-0.2, 0) is 9.59 Å². The molecule has 7 heavy (non-hydrogen) atoms. The van der Waals surface area contributed by atoms with Gasteiger partial charge >= 0.3 is 0 Å². The van der Waals surface area contributed by atoms with E-state index in [1.54, 1.807) is 0 Å². The third-order valence-corrected chi connectivity index (χ3v) is 0.615. The normalized spacial score (nSPS) is 7.00. The molecule has 0 unspecified atom stereocenters. The van der Waals surface area contributed by atoms with Crippen LogP contribution in [0.3, 0.4) is 0 Å². The summed E-state index contributed by atoms with van der Waals surface area (Å²) in [4.78, 5) is 19.3. The van der Waals surface area contributed by atoms with Crippen LogP contribution in [0.5, 0.6) is 0 Å². The molecule has 2 nitrogen and oxygen atoms in total. The van der Waals surface area contributed by atoms with Crippen LogP contribution in [0.15, 0.2) is 6.08 Å². The van der Waals surface area contributed by atoms with Crippen molar-refractivity contribution < 1.29 is 9.59 Å². The minimum absolute atomic E-state index is 0.144. The lowest BCUT2D eigenvalue weighted by Gasteiger charge is -1.71. The van der Waals surface area contributed by atoms with E-state index < -0.39 is 5.78 Å². The molecule has 0 N–H and O–H groups in total. The van der Waals surface area contributed by atoms with Crippen LogP contribution in [0.25, 0.3) is 0 Å². The molecule has 0 saturated heterocycles. The standard InChI is InChI=1S/C4H3ClO2/c5-3-4(7)1-2-6/h1H,3H2. The number of ketones is 1. The summed E-state index contributed by atoms with van der Waals surface area (Å²) in [5.74, 6) is 0.760. The maximum atomic E-state index is 9.96. The molecule has 0 radical (unpaired) electrons. The van der Waals surface area contributed by atoms with Crippen LogP contribution in [0, 0.1) is 0 Å². The fraction of sp³-hybridized carbons (Fsp3) is 0.250. The van der Waals surface area contributed by atoms with Crippen molar-refractivity contribution in [2.75, 3.05) is 5.88 Å². The van der Waals surface area contributed by atoms with Crippen LogP contribution in [0.1, 0.15) is 0 Å². The number of rotatable bonds is 2. The van der Waals surface area contributed by atoms with Crippen LogP contribution >= 0.6 is 11.6 Å². The lowest BCUT2D eigenvalue weighted by atomic mass is 10.4. The highest BCUT2D eigenvalue weighted by Gasteiger charge is 1.87. The summed E-state index contributed by atoms with van der Waals surface area (Å²) >= 11 is 4.97. The molecule has 0 heterocycles. The first-order valence-corrected chi connectivity index (χ1v) is 2.14. The fourth-order valence-corrected chi connectivity index (χ4v) is 0.181. The van der Waals surface area contributed by atoms with Crippen molar-refractivity contribution in [1.29, 1.82) is 0 Å². The predicted octanol–water partition coefficient (Wildman–Crippen LogP) is 0.182. The summed E-state index contributed by atoms with van der Waals surface area (Å²) in [7, 11) is 0. The zero-order valence-corrected chi connectivity index (χ0v) is 4.23. The zero-order chi connectivity index (χ0) is 5.70. The van der Waals surface area contributed by atoms with E-state index in [1.807, 2.05) is 0 Å². The Morgan fingerprint density at radius 1 is 1.86 bits per heavy atom. The summed E-state index contributed by atoms with van der Waals surface area (Å²) in [5.41, 5.74) is 0. The molecule has 0 aromatic heterocycles. The Kier molecular flexibility index (Phi) is 3.29. The number of alkyl halides is 1. The number of carbonyl (C=O) groups excluding carboxylic acids is 2. The van der Waals surface area contributed by atoms with Crippen molar-refractivity contribution in [3.63, 3.8) is 0 Å². The molecule has 0 saturated carbocycles. The van der Waals surface area contributed by atoms with Crippen LogP contribution in [-0.4, -0.2) is 17.6 Å². The minimum Gasteiger partial charge on any atom is -0.293 e. The average molecular weight is 119 g/mol. The molecule has 38 valence electrons. The Balaban J connectivity index is 3.58. The van der Waals surface area contributed by atoms with Gasteiger partial charge in [0.25, 0.3) is 0 Å². The third kappa shape index (κ3) is 3.23. The van der Waals surface area contributed by atoms with Gasteiger partial charge in [0.15, 0.2) is 5.78 Å². The van der Waals surface area contributed by atoms with Crippen LogP contribution in [0.2, 0.25) is 0 Å². The number of halogens is 1. The second-order valence-electron chi connectivity index (χ2n) is 0.862. The fourth-order valence-electron chi connectivity index (χ4n) is 0.104. The molecule has 0 rings (SSSR count). The maximum absolute atomic E-state index is 9.96. The molecule has 0 bridgehead atoms. The highest BCUT2D eigenvalue weighted by Crippen LogP contribution is 1.75. The molecule has 0 spiro atoms. The topological polar surface area (TPSA) is 34.1 Å². The molecule has 0 amide bonds. The van der Waals surface area contributed by atoms with Gasteiger partial charge in [-0.25, -0.2) is 4.79 Å². The second-order valence-corrected chi connectivity index (χ2v) is 1.13. The highest BCUT2D eigenvalue weighted by atomic mass is 35.5. The van der Waals surface area contributed by atoms with E-state index >= 15 is 0 Å². The first-order chi connectivity index (χ1) is 3.31.